The van der Waals surface area contributed by atoms with E-state index in [1.807, 2.05) is 72.8 Å². The molecule has 3 atom stereocenters. The van der Waals surface area contributed by atoms with Crippen LogP contribution in [0, 0.1) is 0 Å². The number of ether oxygens (including phenoxy) is 4. The molecule has 45 heavy (non-hydrogen) atoms. The lowest BCUT2D eigenvalue weighted by atomic mass is 9.98. The zero-order chi connectivity index (χ0) is 31.7. The van der Waals surface area contributed by atoms with Gasteiger partial charge in [-0.25, -0.2) is 14.6 Å². The Hall–Kier alpha value is -4.96. The fourth-order valence-electron chi connectivity index (χ4n) is 4.63. The molecule has 0 saturated carbocycles. The van der Waals surface area contributed by atoms with Gasteiger partial charge < -0.3 is 28.7 Å². The molecule has 1 amide bonds. The Morgan fingerprint density at radius 3 is 2.56 bits per heavy atom. The van der Waals surface area contributed by atoms with Crippen molar-refractivity contribution in [3.05, 3.63) is 114 Å². The van der Waals surface area contributed by atoms with Gasteiger partial charge in [0.15, 0.2) is 0 Å². The standard InChI is InChI=1S/C35H38N2O8/c1-41-35(40)36-20-10-16-32-37-28(25-42-32)15-8-9-17-33(38)45-30-21-29(19-18-26-11-4-2-5-12-26)44-31(22-30)23-34(39)43-24-27-13-6-3-7-14-27/h2-7,9-14,16-19,25,29-31H,8,15,20-24H2,1H3,(H,36,40)/b16-10-,17-9-,19-18+/t29-,30-,31-/m1/s1. The first-order valence-electron chi connectivity index (χ1n) is 14.8. The Kier molecular flexibility index (Phi) is 13.2. The predicted molar refractivity (Wildman–Crippen MR) is 168 cm³/mol. The summed E-state index contributed by atoms with van der Waals surface area (Å²) in [7, 11) is 1.30. The van der Waals surface area contributed by atoms with Gasteiger partial charge in [-0.05, 0) is 30.0 Å². The molecular formula is C35H38N2O8. The normalized spacial score (nSPS) is 18.3. The van der Waals surface area contributed by atoms with Crippen molar-refractivity contribution in [3.8, 4) is 0 Å². The molecule has 0 radical (unpaired) electrons. The number of aromatic nitrogens is 1. The molecule has 4 rings (SSSR count). The number of allylic oxidation sites excluding steroid dienone is 1. The second-order valence-electron chi connectivity index (χ2n) is 10.3. The summed E-state index contributed by atoms with van der Waals surface area (Å²) in [5.74, 6) is -0.417. The number of amides is 1. The van der Waals surface area contributed by atoms with Crippen LogP contribution >= 0.6 is 0 Å². The van der Waals surface area contributed by atoms with Gasteiger partial charge in [-0.1, -0.05) is 85.0 Å². The van der Waals surface area contributed by atoms with Crippen LogP contribution in [-0.4, -0.2) is 55.0 Å². The molecule has 0 spiro atoms. The first-order valence-corrected chi connectivity index (χ1v) is 14.8. The third kappa shape index (κ3) is 12.3. The predicted octanol–water partition coefficient (Wildman–Crippen LogP) is 5.84. The molecule has 10 heteroatoms. The Bertz CT molecular complexity index is 1450. The number of oxazole rings is 1. The second-order valence-corrected chi connectivity index (χ2v) is 10.3. The van der Waals surface area contributed by atoms with Crippen molar-refractivity contribution in [2.45, 2.75) is 57.0 Å². The van der Waals surface area contributed by atoms with Gasteiger partial charge in [0.2, 0.25) is 5.89 Å². The molecule has 1 aromatic heterocycles. The van der Waals surface area contributed by atoms with Crippen LogP contribution in [0.3, 0.4) is 0 Å². The molecule has 0 unspecified atom stereocenters. The van der Waals surface area contributed by atoms with Crippen molar-refractivity contribution in [2.75, 3.05) is 13.7 Å². The second kappa shape index (κ2) is 18.0. The molecule has 2 aromatic carbocycles. The number of alkyl carbamates (subject to hydrolysis) is 1. The number of rotatable bonds is 14. The zero-order valence-corrected chi connectivity index (χ0v) is 25.2. The minimum atomic E-state index is -0.520. The molecule has 1 aliphatic heterocycles. The van der Waals surface area contributed by atoms with E-state index >= 15 is 0 Å². The topological polar surface area (TPSA) is 126 Å². The average Bonchev–Trinajstić information content (AvgIpc) is 3.51. The highest BCUT2D eigenvalue weighted by Crippen LogP contribution is 2.26. The lowest BCUT2D eigenvalue weighted by Crippen LogP contribution is -2.38. The van der Waals surface area contributed by atoms with E-state index < -0.39 is 24.3 Å². The average molecular weight is 615 g/mol. The Labute approximate surface area is 262 Å². The summed E-state index contributed by atoms with van der Waals surface area (Å²) in [4.78, 5) is 40.7. The van der Waals surface area contributed by atoms with Gasteiger partial charge >= 0.3 is 18.0 Å². The third-order valence-electron chi connectivity index (χ3n) is 6.81. The van der Waals surface area contributed by atoms with Gasteiger partial charge in [0, 0.05) is 25.5 Å². The molecule has 1 fully saturated rings. The van der Waals surface area contributed by atoms with E-state index in [0.29, 0.717) is 31.6 Å². The lowest BCUT2D eigenvalue weighted by Gasteiger charge is -2.33. The largest absolute Gasteiger partial charge is 0.461 e. The van der Waals surface area contributed by atoms with E-state index in [2.05, 4.69) is 15.0 Å². The van der Waals surface area contributed by atoms with Crippen LogP contribution in [0.25, 0.3) is 12.2 Å². The third-order valence-corrected chi connectivity index (χ3v) is 6.81. The summed E-state index contributed by atoms with van der Waals surface area (Å²) in [5, 5.41) is 2.53. The number of hydrogen-bond acceptors (Lipinski definition) is 9. The summed E-state index contributed by atoms with van der Waals surface area (Å²) in [6, 6.07) is 19.3. The number of methoxy groups -OCH3 is 1. The Morgan fingerprint density at radius 1 is 1.00 bits per heavy atom. The summed E-state index contributed by atoms with van der Waals surface area (Å²) >= 11 is 0. The molecule has 1 aliphatic rings. The number of esters is 2. The van der Waals surface area contributed by atoms with Gasteiger partial charge in [-0.2, -0.15) is 0 Å². The summed E-state index contributed by atoms with van der Waals surface area (Å²) in [6.07, 6.45) is 12.2. The molecular weight excluding hydrogens is 576 g/mol. The van der Waals surface area contributed by atoms with Gasteiger partial charge in [-0.15, -0.1) is 0 Å². The number of carbonyl (C=O) groups excluding carboxylic acids is 3. The highest BCUT2D eigenvalue weighted by Gasteiger charge is 2.32. The quantitative estimate of drug-likeness (QED) is 0.135. The highest BCUT2D eigenvalue weighted by atomic mass is 16.6. The molecule has 3 aromatic rings. The van der Waals surface area contributed by atoms with Crippen molar-refractivity contribution in [3.63, 3.8) is 0 Å². The van der Waals surface area contributed by atoms with Crippen molar-refractivity contribution >= 4 is 30.2 Å². The number of nitrogens with one attached hydrogen (secondary N) is 1. The molecule has 10 nitrogen and oxygen atoms in total. The monoisotopic (exact) mass is 614 g/mol. The van der Waals surface area contributed by atoms with Gasteiger partial charge in [0.25, 0.3) is 0 Å². The number of aryl methyl sites for hydroxylation is 1. The van der Waals surface area contributed by atoms with Crippen LogP contribution < -0.4 is 5.32 Å². The summed E-state index contributed by atoms with van der Waals surface area (Å²) in [6.45, 7) is 0.472. The minimum Gasteiger partial charge on any atom is -0.461 e. The van der Waals surface area contributed by atoms with E-state index in [9.17, 15) is 14.4 Å². The maximum Gasteiger partial charge on any atom is 0.407 e. The van der Waals surface area contributed by atoms with Crippen LogP contribution in [0.2, 0.25) is 0 Å². The zero-order valence-electron chi connectivity index (χ0n) is 25.2. The van der Waals surface area contributed by atoms with E-state index in [4.69, 9.17) is 18.6 Å². The van der Waals surface area contributed by atoms with E-state index in [1.54, 1.807) is 24.5 Å². The highest BCUT2D eigenvalue weighted by molar-refractivity contribution is 5.82. The maximum absolute atomic E-state index is 12.7. The number of hydrogen-bond donors (Lipinski definition) is 1. The van der Waals surface area contributed by atoms with Gasteiger partial charge in [0.05, 0.1) is 31.4 Å². The molecule has 1 saturated heterocycles. The first kappa shape index (κ1) is 32.9. The molecule has 0 bridgehead atoms. The summed E-state index contributed by atoms with van der Waals surface area (Å²) < 4.78 is 27.3. The van der Waals surface area contributed by atoms with Crippen molar-refractivity contribution in [1.29, 1.82) is 0 Å². The first-order chi connectivity index (χ1) is 22.0. The van der Waals surface area contributed by atoms with E-state index in [-0.39, 0.29) is 31.6 Å². The van der Waals surface area contributed by atoms with E-state index in [0.717, 1.165) is 16.8 Å². The number of nitrogens with zero attached hydrogens (tertiary/aromatic N) is 1. The Morgan fingerprint density at radius 2 is 1.78 bits per heavy atom. The molecule has 1 N–H and O–H groups in total. The van der Waals surface area contributed by atoms with Crippen LogP contribution in [0.4, 0.5) is 4.79 Å². The lowest BCUT2D eigenvalue weighted by molar-refractivity contribution is -0.159. The molecule has 0 aliphatic carbocycles. The SMILES string of the molecule is COC(=O)NC/C=C\c1nc(CC/C=C\C(=O)O[C@H]2C[C@H](CC(=O)OCc3ccccc3)O[C@H](/C=C/c3ccccc3)C2)co1. The fourth-order valence-corrected chi connectivity index (χ4v) is 4.63. The van der Waals surface area contributed by atoms with Crippen molar-refractivity contribution in [1.82, 2.24) is 10.3 Å². The van der Waals surface area contributed by atoms with Crippen LogP contribution in [0.15, 0.2) is 95.6 Å². The fraction of sp³-hybridized carbons (Fsp3) is 0.314. The smallest absolute Gasteiger partial charge is 0.407 e. The number of benzene rings is 2. The van der Waals surface area contributed by atoms with Gasteiger partial charge in [-0.3, -0.25) is 4.79 Å². The Balaban J connectivity index is 1.26. The van der Waals surface area contributed by atoms with Crippen molar-refractivity contribution < 1.29 is 37.7 Å². The maximum atomic E-state index is 12.7. The molecule has 2 heterocycles. The van der Waals surface area contributed by atoms with E-state index in [1.165, 1.54) is 13.2 Å². The number of carbonyl (C=O) groups is 3. The summed E-state index contributed by atoms with van der Waals surface area (Å²) in [5.41, 5.74) is 2.66. The van der Waals surface area contributed by atoms with Gasteiger partial charge in [0.1, 0.15) is 19.0 Å². The molecule has 236 valence electrons. The van der Waals surface area contributed by atoms with Crippen LogP contribution in [-0.2, 0) is 41.6 Å². The van der Waals surface area contributed by atoms with Crippen LogP contribution in [0.5, 0.6) is 0 Å². The minimum absolute atomic E-state index is 0.0586. The van der Waals surface area contributed by atoms with Crippen molar-refractivity contribution in [2.24, 2.45) is 0 Å². The van der Waals surface area contributed by atoms with Crippen LogP contribution in [0.1, 0.15) is 48.4 Å².